The molecule has 1 heterocycles. The number of nitriles is 1. The van der Waals surface area contributed by atoms with Crippen LogP contribution in [0.4, 0.5) is 0 Å². The Labute approximate surface area is 86.4 Å². The van der Waals surface area contributed by atoms with Crippen molar-refractivity contribution in [3.05, 3.63) is 28.6 Å². The molecule has 0 unspecified atom stereocenters. The number of thiophene rings is 1. The summed E-state index contributed by atoms with van der Waals surface area (Å²) in [4.78, 5) is 0. The lowest BCUT2D eigenvalue weighted by molar-refractivity contribution is 0.415. The molecule has 0 N–H and O–H groups in total. The third-order valence-corrected chi connectivity index (χ3v) is 3.24. The summed E-state index contributed by atoms with van der Waals surface area (Å²) in [6.07, 6.45) is 0. The number of fused-ring (bicyclic) bond motifs is 1. The van der Waals surface area contributed by atoms with Gasteiger partial charge in [0.2, 0.25) is 0 Å². The second-order valence-electron chi connectivity index (χ2n) is 3.08. The molecule has 0 radical (unpaired) electrons. The van der Waals surface area contributed by atoms with E-state index in [0.717, 1.165) is 21.4 Å². The van der Waals surface area contributed by atoms with Crippen molar-refractivity contribution in [2.75, 3.05) is 7.11 Å². The van der Waals surface area contributed by atoms with Crippen LogP contribution < -0.4 is 4.74 Å². The largest absolute Gasteiger partial charge is 0.497 e. The number of hydrogen-bond acceptors (Lipinski definition) is 3. The Hall–Kier alpha value is -1.53. The van der Waals surface area contributed by atoms with E-state index < -0.39 is 0 Å². The normalized spacial score (nSPS) is 10.1. The van der Waals surface area contributed by atoms with Gasteiger partial charge in [0.1, 0.15) is 5.75 Å². The summed E-state index contributed by atoms with van der Waals surface area (Å²) in [5.74, 6) is 0.746. The SMILES string of the molecule is COc1cc(C#N)c2c(C)csc2c1. The third-order valence-electron chi connectivity index (χ3n) is 2.19. The minimum Gasteiger partial charge on any atom is -0.497 e. The molecule has 1 aromatic heterocycles. The minimum atomic E-state index is 0.693. The molecule has 0 atom stereocenters. The molecule has 0 bridgehead atoms. The maximum atomic E-state index is 9.00. The van der Waals surface area contributed by atoms with E-state index in [4.69, 9.17) is 10.00 Å². The highest BCUT2D eigenvalue weighted by molar-refractivity contribution is 7.17. The molecule has 0 amide bonds. The number of nitrogens with zero attached hydrogens (tertiary/aromatic N) is 1. The Bertz CT molecular complexity index is 522. The van der Waals surface area contributed by atoms with Gasteiger partial charge in [0.15, 0.2) is 0 Å². The summed E-state index contributed by atoms with van der Waals surface area (Å²) in [7, 11) is 1.61. The van der Waals surface area contributed by atoms with Crippen molar-refractivity contribution in [3.63, 3.8) is 0 Å². The highest BCUT2D eigenvalue weighted by Gasteiger charge is 2.08. The van der Waals surface area contributed by atoms with Gasteiger partial charge in [0.25, 0.3) is 0 Å². The predicted octanol–water partition coefficient (Wildman–Crippen LogP) is 3.09. The zero-order valence-electron chi connectivity index (χ0n) is 8.00. The van der Waals surface area contributed by atoms with Gasteiger partial charge in [0.05, 0.1) is 18.7 Å². The molecule has 14 heavy (non-hydrogen) atoms. The second-order valence-corrected chi connectivity index (χ2v) is 3.99. The molecule has 70 valence electrons. The first-order chi connectivity index (χ1) is 6.76. The molecule has 0 fully saturated rings. The quantitative estimate of drug-likeness (QED) is 0.713. The van der Waals surface area contributed by atoms with Crippen molar-refractivity contribution in [1.82, 2.24) is 0 Å². The first kappa shape index (κ1) is 9.04. The van der Waals surface area contributed by atoms with Crippen LogP contribution in [0.1, 0.15) is 11.1 Å². The zero-order valence-corrected chi connectivity index (χ0v) is 8.81. The van der Waals surface area contributed by atoms with Gasteiger partial charge >= 0.3 is 0 Å². The highest BCUT2D eigenvalue weighted by Crippen LogP contribution is 2.32. The number of rotatable bonds is 1. The van der Waals surface area contributed by atoms with Gasteiger partial charge in [-0.1, -0.05) is 0 Å². The van der Waals surface area contributed by atoms with Crippen molar-refractivity contribution in [1.29, 1.82) is 5.26 Å². The Morgan fingerprint density at radius 3 is 2.86 bits per heavy atom. The molecule has 0 spiro atoms. The molecule has 3 heteroatoms. The van der Waals surface area contributed by atoms with Crippen molar-refractivity contribution in [3.8, 4) is 11.8 Å². The van der Waals surface area contributed by atoms with Crippen LogP contribution in [-0.2, 0) is 0 Å². The Balaban J connectivity index is 2.84. The Kier molecular flexibility index (Phi) is 2.14. The fourth-order valence-electron chi connectivity index (χ4n) is 1.51. The van der Waals surface area contributed by atoms with Crippen molar-refractivity contribution < 1.29 is 4.74 Å². The summed E-state index contributed by atoms with van der Waals surface area (Å²) >= 11 is 1.64. The molecule has 2 aromatic rings. The number of methoxy groups -OCH3 is 1. The summed E-state index contributed by atoms with van der Waals surface area (Å²) in [5, 5.41) is 12.1. The average molecular weight is 203 g/mol. The zero-order chi connectivity index (χ0) is 10.1. The summed E-state index contributed by atoms with van der Waals surface area (Å²) in [6.45, 7) is 2.02. The molecule has 0 aliphatic heterocycles. The van der Waals surface area contributed by atoms with Crippen molar-refractivity contribution in [2.24, 2.45) is 0 Å². The van der Waals surface area contributed by atoms with E-state index >= 15 is 0 Å². The van der Waals surface area contributed by atoms with Crippen LogP contribution in [0.15, 0.2) is 17.5 Å². The second kappa shape index (κ2) is 3.32. The average Bonchev–Trinajstić information content (AvgIpc) is 2.59. The number of benzene rings is 1. The van der Waals surface area contributed by atoms with Gasteiger partial charge in [-0.25, -0.2) is 0 Å². The van der Waals surface area contributed by atoms with E-state index in [1.54, 1.807) is 24.5 Å². The van der Waals surface area contributed by atoms with Gasteiger partial charge in [-0.15, -0.1) is 11.3 Å². The maximum absolute atomic E-state index is 9.00. The predicted molar refractivity (Wildman–Crippen MR) is 57.8 cm³/mol. The molecule has 0 aliphatic carbocycles. The number of hydrogen-bond donors (Lipinski definition) is 0. The molecular weight excluding hydrogens is 194 g/mol. The summed E-state index contributed by atoms with van der Waals surface area (Å²) < 4.78 is 6.24. The lowest BCUT2D eigenvalue weighted by Gasteiger charge is -2.01. The van der Waals surface area contributed by atoms with E-state index in [1.165, 1.54) is 0 Å². The third kappa shape index (κ3) is 1.24. The Morgan fingerprint density at radius 2 is 2.21 bits per heavy atom. The first-order valence-electron chi connectivity index (χ1n) is 4.22. The van der Waals surface area contributed by atoms with E-state index in [1.807, 2.05) is 13.0 Å². The van der Waals surface area contributed by atoms with E-state index in [2.05, 4.69) is 11.4 Å². The van der Waals surface area contributed by atoms with Gasteiger partial charge in [-0.2, -0.15) is 5.26 Å². The molecule has 1 aromatic carbocycles. The fourth-order valence-corrected chi connectivity index (χ4v) is 2.50. The highest BCUT2D eigenvalue weighted by atomic mass is 32.1. The monoisotopic (exact) mass is 203 g/mol. The summed E-state index contributed by atoms with van der Waals surface area (Å²) in [5.41, 5.74) is 1.85. The standard InChI is InChI=1S/C11H9NOS/c1-7-6-14-10-4-9(13-2)3-8(5-12)11(7)10/h3-4,6H,1-2H3. The summed E-state index contributed by atoms with van der Waals surface area (Å²) in [6, 6.07) is 5.94. The number of aryl methyl sites for hydroxylation is 1. The lowest BCUT2D eigenvalue weighted by Crippen LogP contribution is -1.85. The first-order valence-corrected chi connectivity index (χ1v) is 5.10. The van der Waals surface area contributed by atoms with Crippen LogP contribution in [0, 0.1) is 18.3 Å². The van der Waals surface area contributed by atoms with Crippen LogP contribution in [-0.4, -0.2) is 7.11 Å². The van der Waals surface area contributed by atoms with Crippen LogP contribution in [0.2, 0.25) is 0 Å². The van der Waals surface area contributed by atoms with Gasteiger partial charge < -0.3 is 4.74 Å². The van der Waals surface area contributed by atoms with Crippen LogP contribution >= 0.6 is 11.3 Å². The topological polar surface area (TPSA) is 33.0 Å². The van der Waals surface area contributed by atoms with Crippen LogP contribution in [0.3, 0.4) is 0 Å². The van der Waals surface area contributed by atoms with Gasteiger partial charge in [-0.3, -0.25) is 0 Å². The van der Waals surface area contributed by atoms with E-state index in [0.29, 0.717) is 5.56 Å². The smallest absolute Gasteiger partial charge is 0.121 e. The fraction of sp³-hybridized carbons (Fsp3) is 0.182. The molecule has 2 nitrogen and oxygen atoms in total. The maximum Gasteiger partial charge on any atom is 0.121 e. The van der Waals surface area contributed by atoms with Gasteiger partial charge in [-0.05, 0) is 30.0 Å². The Morgan fingerprint density at radius 1 is 1.43 bits per heavy atom. The molecule has 0 saturated heterocycles. The van der Waals surface area contributed by atoms with E-state index in [-0.39, 0.29) is 0 Å². The molecule has 0 saturated carbocycles. The lowest BCUT2D eigenvalue weighted by atomic mass is 10.1. The van der Waals surface area contributed by atoms with E-state index in [9.17, 15) is 0 Å². The van der Waals surface area contributed by atoms with Crippen LogP contribution in [0.5, 0.6) is 5.75 Å². The molecule has 0 aliphatic rings. The van der Waals surface area contributed by atoms with Crippen molar-refractivity contribution >= 4 is 21.4 Å². The molecule has 2 rings (SSSR count). The number of ether oxygens (including phenoxy) is 1. The minimum absolute atomic E-state index is 0.693. The van der Waals surface area contributed by atoms with Gasteiger partial charge in [0, 0.05) is 10.1 Å². The van der Waals surface area contributed by atoms with Crippen LogP contribution in [0.25, 0.3) is 10.1 Å². The van der Waals surface area contributed by atoms with Crippen molar-refractivity contribution in [2.45, 2.75) is 6.92 Å². The molecular formula is C11H9NOS.